The Morgan fingerprint density at radius 1 is 1.53 bits per heavy atom. The standard InChI is InChI=1S/C12H21NO2/c1-9-6-7-13(10(2)8-9)11(14)15-12(3,4)5/h8,10H,6-7H2,1-5H3/t10-/m1/s1. The summed E-state index contributed by atoms with van der Waals surface area (Å²) in [5, 5.41) is 0. The SMILES string of the molecule is CC1=C[C@@H](C)N(C(=O)OC(C)(C)C)CC1. The van der Waals surface area contributed by atoms with Crippen LogP contribution in [0.3, 0.4) is 0 Å². The van der Waals surface area contributed by atoms with Gasteiger partial charge in [-0.1, -0.05) is 11.6 Å². The molecule has 1 aliphatic rings. The number of amides is 1. The second-order valence-corrected chi connectivity index (χ2v) is 5.18. The lowest BCUT2D eigenvalue weighted by Crippen LogP contribution is -2.43. The Morgan fingerprint density at radius 2 is 2.13 bits per heavy atom. The van der Waals surface area contributed by atoms with Crippen LogP contribution in [0.4, 0.5) is 4.79 Å². The number of nitrogens with zero attached hydrogens (tertiary/aromatic N) is 1. The van der Waals surface area contributed by atoms with Crippen LogP contribution in [-0.2, 0) is 4.74 Å². The average Bonchev–Trinajstić information content (AvgIpc) is 1.99. The quantitative estimate of drug-likeness (QED) is 0.576. The van der Waals surface area contributed by atoms with Gasteiger partial charge >= 0.3 is 6.09 Å². The Bertz CT molecular complexity index is 276. The maximum absolute atomic E-state index is 11.8. The first-order valence-corrected chi connectivity index (χ1v) is 5.46. The van der Waals surface area contributed by atoms with Gasteiger partial charge in [-0.05, 0) is 41.0 Å². The third-order valence-corrected chi connectivity index (χ3v) is 2.39. The predicted molar refractivity (Wildman–Crippen MR) is 60.8 cm³/mol. The van der Waals surface area contributed by atoms with E-state index in [-0.39, 0.29) is 12.1 Å². The van der Waals surface area contributed by atoms with E-state index in [9.17, 15) is 4.79 Å². The van der Waals surface area contributed by atoms with Gasteiger partial charge in [-0.25, -0.2) is 4.79 Å². The molecule has 86 valence electrons. The number of ether oxygens (including phenoxy) is 1. The molecular formula is C12H21NO2. The Labute approximate surface area is 92.1 Å². The molecule has 0 bridgehead atoms. The maximum atomic E-state index is 11.8. The molecule has 0 spiro atoms. The lowest BCUT2D eigenvalue weighted by Gasteiger charge is -2.33. The molecule has 0 radical (unpaired) electrons. The second-order valence-electron chi connectivity index (χ2n) is 5.18. The fraction of sp³-hybridized carbons (Fsp3) is 0.750. The van der Waals surface area contributed by atoms with Crippen LogP contribution < -0.4 is 0 Å². The van der Waals surface area contributed by atoms with Crippen LogP contribution in [0.25, 0.3) is 0 Å². The van der Waals surface area contributed by atoms with Crippen molar-refractivity contribution in [3.63, 3.8) is 0 Å². The van der Waals surface area contributed by atoms with Crippen molar-refractivity contribution in [2.24, 2.45) is 0 Å². The summed E-state index contributed by atoms with van der Waals surface area (Å²) in [7, 11) is 0. The molecular weight excluding hydrogens is 190 g/mol. The largest absolute Gasteiger partial charge is 0.444 e. The summed E-state index contributed by atoms with van der Waals surface area (Å²) >= 11 is 0. The summed E-state index contributed by atoms with van der Waals surface area (Å²) < 4.78 is 5.34. The van der Waals surface area contributed by atoms with Gasteiger partial charge in [0.25, 0.3) is 0 Å². The Morgan fingerprint density at radius 3 is 2.60 bits per heavy atom. The second kappa shape index (κ2) is 4.25. The molecule has 0 fully saturated rings. The molecule has 1 heterocycles. The highest BCUT2D eigenvalue weighted by atomic mass is 16.6. The lowest BCUT2D eigenvalue weighted by atomic mass is 10.1. The fourth-order valence-electron chi connectivity index (χ4n) is 1.66. The van der Waals surface area contributed by atoms with E-state index < -0.39 is 5.60 Å². The van der Waals surface area contributed by atoms with Crippen molar-refractivity contribution in [3.8, 4) is 0 Å². The minimum atomic E-state index is -0.410. The highest BCUT2D eigenvalue weighted by Gasteiger charge is 2.26. The smallest absolute Gasteiger partial charge is 0.410 e. The van der Waals surface area contributed by atoms with E-state index >= 15 is 0 Å². The van der Waals surface area contributed by atoms with E-state index in [0.717, 1.165) is 13.0 Å². The van der Waals surface area contributed by atoms with Crippen LogP contribution in [-0.4, -0.2) is 29.2 Å². The van der Waals surface area contributed by atoms with Gasteiger partial charge in [-0.3, -0.25) is 0 Å². The minimum absolute atomic E-state index is 0.147. The molecule has 0 aromatic heterocycles. The van der Waals surface area contributed by atoms with Gasteiger partial charge in [-0.15, -0.1) is 0 Å². The van der Waals surface area contributed by atoms with E-state index in [2.05, 4.69) is 13.0 Å². The Balaban J connectivity index is 2.62. The zero-order valence-electron chi connectivity index (χ0n) is 10.3. The van der Waals surface area contributed by atoms with Gasteiger partial charge < -0.3 is 9.64 Å². The monoisotopic (exact) mass is 211 g/mol. The molecule has 1 rings (SSSR count). The molecule has 15 heavy (non-hydrogen) atoms. The minimum Gasteiger partial charge on any atom is -0.444 e. The zero-order valence-corrected chi connectivity index (χ0v) is 10.3. The number of carbonyl (C=O) groups excluding carboxylic acids is 1. The van der Waals surface area contributed by atoms with Crippen LogP contribution in [0.2, 0.25) is 0 Å². The van der Waals surface area contributed by atoms with Crippen molar-refractivity contribution in [1.82, 2.24) is 4.90 Å². The van der Waals surface area contributed by atoms with Crippen molar-refractivity contribution in [2.45, 2.75) is 52.7 Å². The highest BCUT2D eigenvalue weighted by Crippen LogP contribution is 2.18. The molecule has 1 atom stereocenters. The van der Waals surface area contributed by atoms with E-state index in [4.69, 9.17) is 4.74 Å². The summed E-state index contributed by atoms with van der Waals surface area (Å²) in [6, 6.07) is 0.147. The van der Waals surface area contributed by atoms with E-state index in [1.54, 1.807) is 4.90 Å². The summed E-state index contributed by atoms with van der Waals surface area (Å²) in [5.74, 6) is 0. The predicted octanol–water partition coefficient (Wildman–Crippen LogP) is 2.96. The molecule has 1 amide bonds. The topological polar surface area (TPSA) is 29.5 Å². The number of hydrogen-bond donors (Lipinski definition) is 0. The van der Waals surface area contributed by atoms with Gasteiger partial charge in [0, 0.05) is 6.54 Å². The van der Waals surface area contributed by atoms with Gasteiger partial charge in [0.05, 0.1) is 6.04 Å². The van der Waals surface area contributed by atoms with Crippen molar-refractivity contribution in [1.29, 1.82) is 0 Å². The lowest BCUT2D eigenvalue weighted by molar-refractivity contribution is 0.0203. The molecule has 0 saturated heterocycles. The third kappa shape index (κ3) is 3.57. The molecule has 0 unspecified atom stereocenters. The number of rotatable bonds is 0. The molecule has 0 saturated carbocycles. The zero-order chi connectivity index (χ0) is 11.6. The van der Waals surface area contributed by atoms with E-state index in [0.29, 0.717) is 0 Å². The van der Waals surface area contributed by atoms with Crippen molar-refractivity contribution >= 4 is 6.09 Å². The van der Waals surface area contributed by atoms with Crippen LogP contribution in [0.1, 0.15) is 41.0 Å². The summed E-state index contributed by atoms with van der Waals surface area (Å²) in [5.41, 5.74) is 0.940. The van der Waals surface area contributed by atoms with Crippen LogP contribution >= 0.6 is 0 Å². The molecule has 3 heteroatoms. The van der Waals surface area contributed by atoms with Gasteiger partial charge in [0.1, 0.15) is 5.60 Å². The fourth-order valence-corrected chi connectivity index (χ4v) is 1.66. The first-order valence-electron chi connectivity index (χ1n) is 5.46. The van der Waals surface area contributed by atoms with Gasteiger partial charge in [0.15, 0.2) is 0 Å². The van der Waals surface area contributed by atoms with Crippen molar-refractivity contribution < 1.29 is 9.53 Å². The van der Waals surface area contributed by atoms with Crippen LogP contribution in [0.15, 0.2) is 11.6 Å². The number of carbonyl (C=O) groups is 1. The molecule has 0 N–H and O–H groups in total. The number of hydrogen-bond acceptors (Lipinski definition) is 2. The molecule has 0 aromatic carbocycles. The Hall–Kier alpha value is -0.990. The molecule has 1 aliphatic heterocycles. The van der Waals surface area contributed by atoms with Crippen molar-refractivity contribution in [2.75, 3.05) is 6.54 Å². The van der Waals surface area contributed by atoms with E-state index in [1.165, 1.54) is 5.57 Å². The first-order chi connectivity index (χ1) is 6.79. The average molecular weight is 211 g/mol. The summed E-state index contributed by atoms with van der Waals surface area (Å²) in [6.07, 6.45) is 2.86. The molecule has 3 nitrogen and oxygen atoms in total. The summed E-state index contributed by atoms with van der Waals surface area (Å²) in [6.45, 7) is 10.6. The summed E-state index contributed by atoms with van der Waals surface area (Å²) in [4.78, 5) is 13.6. The normalized spacial score (nSPS) is 22.3. The van der Waals surface area contributed by atoms with E-state index in [1.807, 2.05) is 27.7 Å². The maximum Gasteiger partial charge on any atom is 0.410 e. The first kappa shape index (κ1) is 12.1. The highest BCUT2D eigenvalue weighted by molar-refractivity contribution is 5.69. The van der Waals surface area contributed by atoms with Gasteiger partial charge in [0.2, 0.25) is 0 Å². The third-order valence-electron chi connectivity index (χ3n) is 2.39. The van der Waals surface area contributed by atoms with Crippen molar-refractivity contribution in [3.05, 3.63) is 11.6 Å². The molecule has 0 aromatic rings. The molecule has 0 aliphatic carbocycles. The Kier molecular flexibility index (Phi) is 3.42. The van der Waals surface area contributed by atoms with Crippen LogP contribution in [0, 0.1) is 0 Å². The van der Waals surface area contributed by atoms with Crippen LogP contribution in [0.5, 0.6) is 0 Å². The van der Waals surface area contributed by atoms with Gasteiger partial charge in [-0.2, -0.15) is 0 Å².